The fourth-order valence-corrected chi connectivity index (χ4v) is 3.12. The molecule has 1 N–H and O–H groups in total. The molecule has 122 valence electrons. The summed E-state index contributed by atoms with van der Waals surface area (Å²) in [5, 5.41) is 2.87. The number of nitrogens with one attached hydrogen (secondary N) is 1. The molecule has 0 saturated heterocycles. The summed E-state index contributed by atoms with van der Waals surface area (Å²) in [6.45, 7) is 2.65. The fourth-order valence-electron chi connectivity index (χ4n) is 1.96. The third kappa shape index (κ3) is 4.84. The van der Waals surface area contributed by atoms with Crippen molar-refractivity contribution < 1.29 is 14.3 Å². The van der Waals surface area contributed by atoms with Gasteiger partial charge in [0.05, 0.1) is 17.3 Å². The lowest BCUT2D eigenvalue weighted by atomic mass is 10.2. The van der Waals surface area contributed by atoms with Crippen molar-refractivity contribution in [3.63, 3.8) is 0 Å². The summed E-state index contributed by atoms with van der Waals surface area (Å²) in [5.41, 5.74) is 1.25. The monoisotopic (exact) mass is 489 g/mol. The summed E-state index contributed by atoms with van der Waals surface area (Å²) >= 11 is 5.54. The van der Waals surface area contributed by atoms with Gasteiger partial charge in [-0.3, -0.25) is 4.79 Å². The van der Waals surface area contributed by atoms with E-state index in [0.29, 0.717) is 23.7 Å². The minimum absolute atomic E-state index is 0.193. The van der Waals surface area contributed by atoms with Gasteiger partial charge in [-0.25, -0.2) is 0 Å². The van der Waals surface area contributed by atoms with Gasteiger partial charge in [0.15, 0.2) is 11.5 Å². The highest BCUT2D eigenvalue weighted by atomic mass is 127. The molecule has 2 rings (SSSR count). The van der Waals surface area contributed by atoms with Crippen molar-refractivity contribution in [2.45, 2.75) is 13.3 Å². The van der Waals surface area contributed by atoms with Crippen LogP contribution >= 0.6 is 38.5 Å². The zero-order valence-corrected chi connectivity index (χ0v) is 16.6. The highest BCUT2D eigenvalue weighted by molar-refractivity contribution is 14.1. The predicted molar refractivity (Wildman–Crippen MR) is 104 cm³/mol. The summed E-state index contributed by atoms with van der Waals surface area (Å²) in [6.07, 6.45) is 0.907. The first-order chi connectivity index (χ1) is 11.0. The van der Waals surface area contributed by atoms with Crippen LogP contribution in [0.5, 0.6) is 11.5 Å². The van der Waals surface area contributed by atoms with Gasteiger partial charge in [-0.2, -0.15) is 0 Å². The van der Waals surface area contributed by atoms with Crippen LogP contribution in [0, 0.1) is 3.57 Å². The van der Waals surface area contributed by atoms with Crippen molar-refractivity contribution in [1.29, 1.82) is 0 Å². The summed E-state index contributed by atoms with van der Waals surface area (Å²) in [7, 11) is 1.57. The lowest BCUT2D eigenvalue weighted by Gasteiger charge is -2.14. The smallest absolute Gasteiger partial charge is 0.255 e. The molecule has 0 heterocycles. The van der Waals surface area contributed by atoms with E-state index >= 15 is 0 Å². The van der Waals surface area contributed by atoms with Crippen LogP contribution in [0.2, 0.25) is 0 Å². The Kier molecular flexibility index (Phi) is 6.71. The van der Waals surface area contributed by atoms with E-state index in [9.17, 15) is 4.79 Å². The molecule has 0 saturated carbocycles. The number of benzene rings is 2. The van der Waals surface area contributed by atoms with E-state index in [4.69, 9.17) is 9.47 Å². The maximum atomic E-state index is 12.4. The van der Waals surface area contributed by atoms with Crippen LogP contribution in [0.15, 0.2) is 40.9 Å². The first-order valence-corrected chi connectivity index (χ1v) is 8.99. The minimum atomic E-state index is -0.193. The number of carbonyl (C=O) groups is 1. The number of halogens is 2. The molecule has 4 nitrogen and oxygen atoms in total. The van der Waals surface area contributed by atoms with Gasteiger partial charge in [0.1, 0.15) is 0 Å². The summed E-state index contributed by atoms with van der Waals surface area (Å²) < 4.78 is 12.8. The second-order valence-corrected chi connectivity index (χ2v) is 6.88. The average molecular weight is 490 g/mol. The highest BCUT2D eigenvalue weighted by Crippen LogP contribution is 2.34. The standard InChI is InChI=1S/C17H17BrINO3/c1-3-7-23-16-14(19)8-11(9-15(16)22-2)17(21)20-13-6-4-5-12(18)10-13/h4-6,8-10H,3,7H2,1-2H3,(H,20,21). The first kappa shape index (κ1) is 18.1. The van der Waals surface area contributed by atoms with Gasteiger partial charge in [-0.1, -0.05) is 28.9 Å². The molecule has 6 heteroatoms. The largest absolute Gasteiger partial charge is 0.493 e. The molecule has 0 atom stereocenters. The Labute approximate surface area is 157 Å². The number of ether oxygens (including phenoxy) is 2. The number of rotatable bonds is 6. The highest BCUT2D eigenvalue weighted by Gasteiger charge is 2.15. The Morgan fingerprint density at radius 2 is 2.09 bits per heavy atom. The number of amides is 1. The van der Waals surface area contributed by atoms with E-state index in [0.717, 1.165) is 20.2 Å². The topological polar surface area (TPSA) is 47.6 Å². The van der Waals surface area contributed by atoms with Crippen LogP contribution in [-0.4, -0.2) is 19.6 Å². The fraction of sp³-hybridized carbons (Fsp3) is 0.235. The lowest BCUT2D eigenvalue weighted by molar-refractivity contribution is 0.102. The van der Waals surface area contributed by atoms with Crippen molar-refractivity contribution in [3.8, 4) is 11.5 Å². The Bertz CT molecular complexity index is 706. The van der Waals surface area contributed by atoms with E-state index in [1.54, 1.807) is 19.2 Å². The Hall–Kier alpha value is -1.28. The minimum Gasteiger partial charge on any atom is -0.493 e. The predicted octanol–water partition coefficient (Wildman–Crippen LogP) is 5.10. The van der Waals surface area contributed by atoms with Crippen molar-refractivity contribution in [3.05, 3.63) is 50.0 Å². The summed E-state index contributed by atoms with van der Waals surface area (Å²) in [5.74, 6) is 1.04. The molecule has 0 aromatic heterocycles. The van der Waals surface area contributed by atoms with Crippen LogP contribution in [0.3, 0.4) is 0 Å². The molecule has 2 aromatic carbocycles. The van der Waals surface area contributed by atoms with Gasteiger partial charge in [0, 0.05) is 15.7 Å². The number of hydrogen-bond acceptors (Lipinski definition) is 3. The van der Waals surface area contributed by atoms with E-state index < -0.39 is 0 Å². The second kappa shape index (κ2) is 8.54. The van der Waals surface area contributed by atoms with E-state index in [1.165, 1.54) is 0 Å². The van der Waals surface area contributed by atoms with Crippen molar-refractivity contribution in [1.82, 2.24) is 0 Å². The molecule has 0 spiro atoms. The maximum Gasteiger partial charge on any atom is 0.255 e. The molecular weight excluding hydrogens is 473 g/mol. The van der Waals surface area contributed by atoms with Crippen LogP contribution in [0.25, 0.3) is 0 Å². The lowest BCUT2D eigenvalue weighted by Crippen LogP contribution is -2.13. The molecule has 0 bridgehead atoms. The van der Waals surface area contributed by atoms with Gasteiger partial charge in [-0.15, -0.1) is 0 Å². The normalized spacial score (nSPS) is 10.3. The first-order valence-electron chi connectivity index (χ1n) is 7.12. The number of carbonyl (C=O) groups excluding carboxylic acids is 1. The zero-order valence-electron chi connectivity index (χ0n) is 12.9. The quantitative estimate of drug-likeness (QED) is 0.574. The van der Waals surface area contributed by atoms with Crippen LogP contribution < -0.4 is 14.8 Å². The maximum absolute atomic E-state index is 12.4. The molecule has 23 heavy (non-hydrogen) atoms. The van der Waals surface area contributed by atoms with Crippen LogP contribution in [-0.2, 0) is 0 Å². The zero-order chi connectivity index (χ0) is 16.8. The molecule has 1 amide bonds. The molecule has 2 aromatic rings. The van der Waals surface area contributed by atoms with Gasteiger partial charge in [-0.05, 0) is 59.3 Å². The Morgan fingerprint density at radius 1 is 1.30 bits per heavy atom. The van der Waals surface area contributed by atoms with Gasteiger partial charge < -0.3 is 14.8 Å². The summed E-state index contributed by atoms with van der Waals surface area (Å²) in [4.78, 5) is 12.4. The molecule has 0 aliphatic carbocycles. The Balaban J connectivity index is 2.25. The average Bonchev–Trinajstić information content (AvgIpc) is 2.53. The molecule has 0 aliphatic heterocycles. The van der Waals surface area contributed by atoms with Crippen molar-refractivity contribution >= 4 is 50.1 Å². The van der Waals surface area contributed by atoms with Crippen LogP contribution in [0.4, 0.5) is 5.69 Å². The number of methoxy groups -OCH3 is 1. The number of anilines is 1. The van der Waals surface area contributed by atoms with Crippen LogP contribution in [0.1, 0.15) is 23.7 Å². The van der Waals surface area contributed by atoms with E-state index in [2.05, 4.69) is 43.8 Å². The second-order valence-electron chi connectivity index (χ2n) is 4.80. The summed E-state index contributed by atoms with van der Waals surface area (Å²) in [6, 6.07) is 10.9. The van der Waals surface area contributed by atoms with Gasteiger partial charge >= 0.3 is 0 Å². The third-order valence-corrected chi connectivity index (χ3v) is 4.32. The molecule has 0 radical (unpaired) electrons. The van der Waals surface area contributed by atoms with Crippen molar-refractivity contribution in [2.75, 3.05) is 19.0 Å². The molecule has 0 aliphatic rings. The van der Waals surface area contributed by atoms with Gasteiger partial charge in [0.2, 0.25) is 0 Å². The molecule has 0 unspecified atom stereocenters. The SMILES string of the molecule is CCCOc1c(I)cc(C(=O)Nc2cccc(Br)c2)cc1OC. The molecular formula is C17H17BrINO3. The van der Waals surface area contributed by atoms with E-state index in [-0.39, 0.29) is 5.91 Å². The molecule has 0 fully saturated rings. The van der Waals surface area contributed by atoms with Gasteiger partial charge in [0.25, 0.3) is 5.91 Å². The third-order valence-electron chi connectivity index (χ3n) is 3.02. The van der Waals surface area contributed by atoms with E-state index in [1.807, 2.05) is 31.2 Å². The number of hydrogen-bond donors (Lipinski definition) is 1. The Morgan fingerprint density at radius 3 is 2.74 bits per heavy atom. The van der Waals surface area contributed by atoms with Crippen molar-refractivity contribution in [2.24, 2.45) is 0 Å².